The third kappa shape index (κ3) is 4.59. The van der Waals surface area contributed by atoms with E-state index >= 15 is 0 Å². The van der Waals surface area contributed by atoms with Crippen molar-refractivity contribution in [3.8, 4) is 0 Å². The molecule has 0 aromatic rings. The molecule has 2 nitrogen and oxygen atoms in total. The van der Waals surface area contributed by atoms with Gasteiger partial charge in [-0.25, -0.2) is 0 Å². The van der Waals surface area contributed by atoms with Crippen molar-refractivity contribution in [3.63, 3.8) is 0 Å². The van der Waals surface area contributed by atoms with E-state index in [0.29, 0.717) is 11.5 Å². The van der Waals surface area contributed by atoms with Crippen LogP contribution in [0.2, 0.25) is 0 Å². The van der Waals surface area contributed by atoms with E-state index in [-0.39, 0.29) is 0 Å². The molecule has 0 saturated heterocycles. The van der Waals surface area contributed by atoms with Crippen LogP contribution in [-0.4, -0.2) is 26.3 Å². The molecule has 0 bridgehead atoms. The summed E-state index contributed by atoms with van der Waals surface area (Å²) in [4.78, 5) is 0. The molecule has 1 rings (SSSR count). The fourth-order valence-corrected chi connectivity index (χ4v) is 3.42. The maximum absolute atomic E-state index is 5.18. The van der Waals surface area contributed by atoms with Gasteiger partial charge in [-0.1, -0.05) is 33.6 Å². The molecule has 0 spiro atoms. The van der Waals surface area contributed by atoms with Crippen molar-refractivity contribution >= 4 is 0 Å². The van der Waals surface area contributed by atoms with Crippen LogP contribution < -0.4 is 5.32 Å². The number of methoxy groups -OCH3 is 1. The average molecular weight is 241 g/mol. The van der Waals surface area contributed by atoms with Crippen LogP contribution >= 0.6 is 0 Å². The van der Waals surface area contributed by atoms with Crippen molar-refractivity contribution in [2.24, 2.45) is 11.3 Å². The lowest BCUT2D eigenvalue weighted by molar-refractivity contribution is 0.0894. The third-order valence-corrected chi connectivity index (χ3v) is 4.41. The normalized spacial score (nSPS) is 25.8. The number of hydrogen-bond donors (Lipinski definition) is 1. The molecule has 0 aliphatic heterocycles. The largest absolute Gasteiger partial charge is 0.385 e. The average Bonchev–Trinajstić information content (AvgIpc) is 2.28. The molecule has 1 fully saturated rings. The first-order valence-electron chi connectivity index (χ1n) is 7.34. The molecule has 17 heavy (non-hydrogen) atoms. The summed E-state index contributed by atoms with van der Waals surface area (Å²) >= 11 is 0. The summed E-state index contributed by atoms with van der Waals surface area (Å²) in [5.74, 6) is 0.841. The Hall–Kier alpha value is -0.0800. The highest BCUT2D eigenvalue weighted by atomic mass is 16.5. The summed E-state index contributed by atoms with van der Waals surface area (Å²) in [7, 11) is 1.80. The number of rotatable bonds is 7. The Balaban J connectivity index is 2.54. The van der Waals surface area contributed by atoms with Gasteiger partial charge in [0.1, 0.15) is 0 Å². The third-order valence-electron chi connectivity index (χ3n) is 4.41. The van der Waals surface area contributed by atoms with Gasteiger partial charge in [0.2, 0.25) is 0 Å². The van der Waals surface area contributed by atoms with E-state index < -0.39 is 0 Å². The second-order valence-electron chi connectivity index (χ2n) is 6.14. The van der Waals surface area contributed by atoms with Gasteiger partial charge in [0, 0.05) is 19.8 Å². The van der Waals surface area contributed by atoms with Gasteiger partial charge in [-0.15, -0.1) is 0 Å². The molecule has 1 aliphatic carbocycles. The van der Waals surface area contributed by atoms with E-state index in [2.05, 4.69) is 26.1 Å². The predicted octanol–water partition coefficient (Wildman–Crippen LogP) is 3.61. The first kappa shape index (κ1) is 15.0. The molecule has 0 aromatic heterocycles. The van der Waals surface area contributed by atoms with Crippen molar-refractivity contribution in [2.45, 2.75) is 65.3 Å². The number of hydrogen-bond acceptors (Lipinski definition) is 2. The Morgan fingerprint density at radius 2 is 2.12 bits per heavy atom. The van der Waals surface area contributed by atoms with Gasteiger partial charge >= 0.3 is 0 Å². The van der Waals surface area contributed by atoms with Crippen molar-refractivity contribution in [3.05, 3.63) is 0 Å². The van der Waals surface area contributed by atoms with Gasteiger partial charge in [-0.2, -0.15) is 0 Å². The Morgan fingerprint density at radius 3 is 2.71 bits per heavy atom. The second kappa shape index (κ2) is 7.38. The minimum atomic E-state index is 0.512. The standard InChI is InChI=1S/C15H31NO/c1-5-16-14(10-8-12-17-4)13-9-6-7-11-15(13,2)3/h13-14,16H,5-12H2,1-4H3. The van der Waals surface area contributed by atoms with Crippen molar-refractivity contribution in [1.29, 1.82) is 0 Å². The molecular weight excluding hydrogens is 210 g/mol. The fraction of sp³-hybridized carbons (Fsp3) is 1.00. The highest BCUT2D eigenvalue weighted by molar-refractivity contribution is 4.90. The topological polar surface area (TPSA) is 21.3 Å². The van der Waals surface area contributed by atoms with Crippen LogP contribution in [0.4, 0.5) is 0 Å². The van der Waals surface area contributed by atoms with Gasteiger partial charge < -0.3 is 10.1 Å². The summed E-state index contributed by atoms with van der Waals surface area (Å²) in [6.45, 7) is 9.12. The first-order valence-corrected chi connectivity index (χ1v) is 7.34. The quantitative estimate of drug-likeness (QED) is 0.688. The molecule has 2 unspecified atom stereocenters. The van der Waals surface area contributed by atoms with Crippen molar-refractivity contribution in [1.82, 2.24) is 5.32 Å². The molecule has 0 radical (unpaired) electrons. The summed E-state index contributed by atoms with van der Waals surface area (Å²) in [6.07, 6.45) is 8.07. The predicted molar refractivity (Wildman–Crippen MR) is 74.3 cm³/mol. The molecule has 1 aliphatic rings. The number of ether oxygens (including phenoxy) is 1. The first-order chi connectivity index (χ1) is 8.11. The van der Waals surface area contributed by atoms with Gasteiger partial charge in [0.15, 0.2) is 0 Å². The van der Waals surface area contributed by atoms with Gasteiger partial charge in [0.05, 0.1) is 0 Å². The van der Waals surface area contributed by atoms with Crippen LogP contribution in [-0.2, 0) is 4.74 Å². The van der Waals surface area contributed by atoms with E-state index in [4.69, 9.17) is 4.74 Å². The molecule has 0 heterocycles. The highest BCUT2D eigenvalue weighted by Crippen LogP contribution is 2.43. The minimum absolute atomic E-state index is 0.512. The Morgan fingerprint density at radius 1 is 1.35 bits per heavy atom. The summed E-state index contributed by atoms with van der Waals surface area (Å²) in [6, 6.07) is 0.686. The van der Waals surface area contributed by atoms with E-state index in [1.54, 1.807) is 7.11 Å². The zero-order valence-corrected chi connectivity index (χ0v) is 12.2. The minimum Gasteiger partial charge on any atom is -0.385 e. The lowest BCUT2D eigenvalue weighted by Gasteiger charge is -2.43. The summed E-state index contributed by atoms with van der Waals surface area (Å²) in [5, 5.41) is 3.71. The lowest BCUT2D eigenvalue weighted by Crippen LogP contribution is -2.44. The number of nitrogens with one attached hydrogen (secondary N) is 1. The molecule has 1 saturated carbocycles. The van der Waals surface area contributed by atoms with E-state index in [1.165, 1.54) is 38.5 Å². The molecule has 0 aromatic carbocycles. The highest BCUT2D eigenvalue weighted by Gasteiger charge is 2.36. The van der Waals surface area contributed by atoms with Crippen LogP contribution in [0.1, 0.15) is 59.3 Å². The molecule has 2 heteroatoms. The van der Waals surface area contributed by atoms with Crippen LogP contribution in [0.15, 0.2) is 0 Å². The SMILES string of the molecule is CCNC(CCCOC)C1CCCCC1(C)C. The monoisotopic (exact) mass is 241 g/mol. The van der Waals surface area contributed by atoms with E-state index in [9.17, 15) is 0 Å². The van der Waals surface area contributed by atoms with Crippen LogP contribution in [0.25, 0.3) is 0 Å². The summed E-state index contributed by atoms with van der Waals surface area (Å²) < 4.78 is 5.18. The Labute approximate surface area is 108 Å². The van der Waals surface area contributed by atoms with Crippen molar-refractivity contribution in [2.75, 3.05) is 20.3 Å². The van der Waals surface area contributed by atoms with Gasteiger partial charge in [-0.05, 0) is 43.6 Å². The Bertz CT molecular complexity index is 203. The molecular formula is C15H31NO. The van der Waals surface area contributed by atoms with Crippen LogP contribution in [0.3, 0.4) is 0 Å². The zero-order chi connectivity index (χ0) is 12.7. The molecule has 2 atom stereocenters. The summed E-state index contributed by atoms with van der Waals surface area (Å²) in [5.41, 5.74) is 0.512. The molecule has 102 valence electrons. The van der Waals surface area contributed by atoms with Crippen LogP contribution in [0, 0.1) is 11.3 Å². The molecule has 0 amide bonds. The van der Waals surface area contributed by atoms with Gasteiger partial charge in [-0.3, -0.25) is 0 Å². The van der Waals surface area contributed by atoms with Crippen molar-refractivity contribution < 1.29 is 4.74 Å². The lowest BCUT2D eigenvalue weighted by atomic mass is 9.65. The maximum atomic E-state index is 5.18. The van der Waals surface area contributed by atoms with Gasteiger partial charge in [0.25, 0.3) is 0 Å². The zero-order valence-electron chi connectivity index (χ0n) is 12.2. The smallest absolute Gasteiger partial charge is 0.0462 e. The fourth-order valence-electron chi connectivity index (χ4n) is 3.42. The van der Waals surface area contributed by atoms with E-state index in [1.807, 2.05) is 0 Å². The van der Waals surface area contributed by atoms with E-state index in [0.717, 1.165) is 19.1 Å². The van der Waals surface area contributed by atoms with Crippen LogP contribution in [0.5, 0.6) is 0 Å². The molecule has 1 N–H and O–H groups in total. The second-order valence-corrected chi connectivity index (χ2v) is 6.14. The maximum Gasteiger partial charge on any atom is 0.0462 e. The Kier molecular flexibility index (Phi) is 6.50.